The average molecular weight is 342 g/mol. The fraction of sp³-hybridized carbons (Fsp3) is 0.278. The standard InChI is InChI=1S/C18H16F2N4O/c19-18(20)23-10-9-21-15(23)11-24(13-5-6-13)17(25)16-14-4-2-1-3-12(14)7-8-22-16/h1-4,7-10,13,18H,5-6,11H2. The van der Waals surface area contributed by atoms with Crippen molar-refractivity contribution >= 4 is 16.7 Å². The molecule has 1 amide bonds. The smallest absolute Gasteiger partial charge is 0.319 e. The maximum Gasteiger partial charge on any atom is 0.319 e. The van der Waals surface area contributed by atoms with Gasteiger partial charge in [0.2, 0.25) is 0 Å². The first-order valence-corrected chi connectivity index (χ1v) is 8.09. The van der Waals surface area contributed by atoms with Crippen molar-refractivity contribution in [3.63, 3.8) is 0 Å². The van der Waals surface area contributed by atoms with Crippen molar-refractivity contribution in [3.05, 3.63) is 60.4 Å². The first-order valence-electron chi connectivity index (χ1n) is 8.09. The molecule has 0 bridgehead atoms. The van der Waals surface area contributed by atoms with Gasteiger partial charge in [-0.05, 0) is 24.3 Å². The van der Waals surface area contributed by atoms with E-state index in [1.807, 2.05) is 30.3 Å². The molecule has 0 spiro atoms. The van der Waals surface area contributed by atoms with Crippen molar-refractivity contribution in [1.82, 2.24) is 19.4 Å². The number of hydrogen-bond acceptors (Lipinski definition) is 3. The Bertz CT molecular complexity index is 915. The molecule has 0 radical (unpaired) electrons. The summed E-state index contributed by atoms with van der Waals surface area (Å²) in [4.78, 5) is 22.9. The monoisotopic (exact) mass is 342 g/mol. The number of amides is 1. The van der Waals surface area contributed by atoms with Gasteiger partial charge in [-0.3, -0.25) is 14.3 Å². The number of benzene rings is 1. The Hall–Kier alpha value is -2.83. The summed E-state index contributed by atoms with van der Waals surface area (Å²) in [5, 5.41) is 1.68. The number of halogens is 2. The van der Waals surface area contributed by atoms with Crippen LogP contribution in [-0.2, 0) is 6.54 Å². The predicted molar refractivity (Wildman–Crippen MR) is 88.1 cm³/mol. The van der Waals surface area contributed by atoms with Gasteiger partial charge in [-0.2, -0.15) is 8.78 Å². The van der Waals surface area contributed by atoms with Crippen LogP contribution in [0.4, 0.5) is 8.78 Å². The van der Waals surface area contributed by atoms with E-state index in [4.69, 9.17) is 0 Å². The first kappa shape index (κ1) is 15.7. The summed E-state index contributed by atoms with van der Waals surface area (Å²) in [5.41, 5.74) is 0.347. The number of hydrogen-bond donors (Lipinski definition) is 0. The Morgan fingerprint density at radius 3 is 2.76 bits per heavy atom. The molecule has 1 fully saturated rings. The van der Waals surface area contributed by atoms with Crippen LogP contribution in [0.25, 0.3) is 10.8 Å². The third-order valence-corrected chi connectivity index (χ3v) is 4.40. The number of rotatable bonds is 5. The number of aromatic nitrogens is 3. The minimum atomic E-state index is -2.68. The van der Waals surface area contributed by atoms with Gasteiger partial charge in [-0.1, -0.05) is 24.3 Å². The molecule has 1 aromatic carbocycles. The lowest BCUT2D eigenvalue weighted by atomic mass is 10.1. The molecule has 1 aliphatic rings. The molecular formula is C18H16F2N4O. The number of carbonyl (C=O) groups is 1. The van der Waals surface area contributed by atoms with Crippen LogP contribution in [0.15, 0.2) is 48.9 Å². The van der Waals surface area contributed by atoms with Crippen molar-refractivity contribution in [2.75, 3.05) is 0 Å². The van der Waals surface area contributed by atoms with Gasteiger partial charge in [-0.15, -0.1) is 0 Å². The number of carbonyl (C=O) groups excluding carboxylic acids is 1. The Labute approximate surface area is 142 Å². The highest BCUT2D eigenvalue weighted by molar-refractivity contribution is 6.05. The molecule has 0 unspecified atom stereocenters. The summed E-state index contributed by atoms with van der Waals surface area (Å²) in [6.07, 6.45) is 5.89. The molecule has 128 valence electrons. The highest BCUT2D eigenvalue weighted by Crippen LogP contribution is 2.31. The molecule has 2 aromatic heterocycles. The molecule has 1 saturated carbocycles. The zero-order chi connectivity index (χ0) is 17.4. The van der Waals surface area contributed by atoms with Crippen LogP contribution >= 0.6 is 0 Å². The van der Waals surface area contributed by atoms with Crippen LogP contribution in [0.2, 0.25) is 0 Å². The lowest BCUT2D eigenvalue weighted by Gasteiger charge is -2.22. The molecule has 2 heterocycles. The minimum Gasteiger partial charge on any atom is -0.327 e. The molecule has 3 aromatic rings. The number of imidazole rings is 1. The molecule has 5 nitrogen and oxygen atoms in total. The second kappa shape index (κ2) is 6.23. The Balaban J connectivity index is 1.69. The summed E-state index contributed by atoms with van der Waals surface area (Å²) in [5.74, 6) is -0.0707. The van der Waals surface area contributed by atoms with E-state index in [1.165, 1.54) is 12.4 Å². The third kappa shape index (κ3) is 2.97. The summed E-state index contributed by atoms with van der Waals surface area (Å²) in [6.45, 7) is -2.63. The van der Waals surface area contributed by atoms with Gasteiger partial charge in [0.05, 0.1) is 6.54 Å². The molecule has 1 aliphatic carbocycles. The van der Waals surface area contributed by atoms with E-state index in [9.17, 15) is 13.6 Å². The van der Waals surface area contributed by atoms with Gasteiger partial charge in [-0.25, -0.2) is 4.98 Å². The lowest BCUT2D eigenvalue weighted by Crippen LogP contribution is -2.34. The fourth-order valence-corrected chi connectivity index (χ4v) is 2.98. The quantitative estimate of drug-likeness (QED) is 0.711. The van der Waals surface area contributed by atoms with E-state index < -0.39 is 6.55 Å². The largest absolute Gasteiger partial charge is 0.327 e. The maximum absolute atomic E-state index is 13.1. The van der Waals surface area contributed by atoms with E-state index >= 15 is 0 Å². The van der Waals surface area contributed by atoms with Crippen LogP contribution in [0.1, 0.15) is 35.7 Å². The van der Waals surface area contributed by atoms with E-state index in [1.54, 1.807) is 11.1 Å². The highest BCUT2D eigenvalue weighted by Gasteiger charge is 2.35. The van der Waals surface area contributed by atoms with Crippen molar-refractivity contribution < 1.29 is 13.6 Å². The number of fused-ring (bicyclic) bond motifs is 1. The lowest BCUT2D eigenvalue weighted by molar-refractivity contribution is 0.0582. The summed E-state index contributed by atoms with van der Waals surface area (Å²) in [6, 6.07) is 9.41. The topological polar surface area (TPSA) is 51.0 Å². The van der Waals surface area contributed by atoms with E-state index in [-0.39, 0.29) is 24.3 Å². The number of alkyl halides is 2. The zero-order valence-corrected chi connectivity index (χ0v) is 13.3. The highest BCUT2D eigenvalue weighted by atomic mass is 19.3. The van der Waals surface area contributed by atoms with Gasteiger partial charge >= 0.3 is 6.55 Å². The number of nitrogens with zero attached hydrogens (tertiary/aromatic N) is 4. The van der Waals surface area contributed by atoms with Crippen LogP contribution in [0.5, 0.6) is 0 Å². The summed E-state index contributed by atoms with van der Waals surface area (Å²) < 4.78 is 26.9. The minimum absolute atomic E-state index is 0.0474. The van der Waals surface area contributed by atoms with Gasteiger partial charge in [0, 0.05) is 30.0 Å². The van der Waals surface area contributed by atoms with Gasteiger partial charge in [0.15, 0.2) is 0 Å². The Morgan fingerprint density at radius 1 is 1.20 bits per heavy atom. The van der Waals surface area contributed by atoms with E-state index in [0.29, 0.717) is 5.69 Å². The summed E-state index contributed by atoms with van der Waals surface area (Å²) in [7, 11) is 0. The molecule has 0 atom stereocenters. The van der Waals surface area contributed by atoms with Crippen molar-refractivity contribution in [3.8, 4) is 0 Å². The Kier molecular flexibility index (Phi) is 3.91. The SMILES string of the molecule is O=C(c1nccc2ccccc12)N(Cc1nccn1C(F)F)C1CC1. The van der Waals surface area contributed by atoms with Gasteiger partial charge < -0.3 is 4.90 Å². The third-order valence-electron chi connectivity index (χ3n) is 4.40. The molecule has 25 heavy (non-hydrogen) atoms. The van der Waals surface area contributed by atoms with Crippen LogP contribution in [0, 0.1) is 0 Å². The van der Waals surface area contributed by atoms with E-state index in [0.717, 1.165) is 28.2 Å². The van der Waals surface area contributed by atoms with Gasteiger partial charge in [0.1, 0.15) is 11.5 Å². The average Bonchev–Trinajstić information content (AvgIpc) is 3.36. The van der Waals surface area contributed by atoms with Crippen molar-refractivity contribution in [2.45, 2.75) is 32.0 Å². The van der Waals surface area contributed by atoms with E-state index in [2.05, 4.69) is 9.97 Å². The maximum atomic E-state index is 13.1. The number of pyridine rings is 1. The first-order chi connectivity index (χ1) is 12.1. The van der Waals surface area contributed by atoms with Crippen molar-refractivity contribution in [2.24, 2.45) is 0 Å². The van der Waals surface area contributed by atoms with Crippen LogP contribution in [0.3, 0.4) is 0 Å². The Morgan fingerprint density at radius 2 is 2.00 bits per heavy atom. The fourth-order valence-electron chi connectivity index (χ4n) is 2.98. The van der Waals surface area contributed by atoms with Crippen LogP contribution in [-0.4, -0.2) is 31.4 Å². The predicted octanol–water partition coefficient (Wildman–Crippen LogP) is 3.63. The second-order valence-electron chi connectivity index (χ2n) is 6.07. The molecule has 7 heteroatoms. The molecule has 0 N–H and O–H groups in total. The van der Waals surface area contributed by atoms with Crippen LogP contribution < -0.4 is 0 Å². The van der Waals surface area contributed by atoms with Gasteiger partial charge in [0.25, 0.3) is 5.91 Å². The normalized spacial score (nSPS) is 14.2. The molecular weight excluding hydrogens is 326 g/mol. The molecule has 4 rings (SSSR count). The van der Waals surface area contributed by atoms with Crippen molar-refractivity contribution in [1.29, 1.82) is 0 Å². The summed E-state index contributed by atoms with van der Waals surface area (Å²) >= 11 is 0. The second-order valence-corrected chi connectivity index (χ2v) is 6.07. The molecule has 0 aliphatic heterocycles. The molecule has 0 saturated heterocycles. The zero-order valence-electron chi connectivity index (χ0n) is 13.3.